The third-order valence-corrected chi connectivity index (χ3v) is 17.8. The fourth-order valence-corrected chi connectivity index (χ4v) is 12.1. The first-order valence-electron chi connectivity index (χ1n) is 36.4. The van der Waals surface area contributed by atoms with Gasteiger partial charge in [0.2, 0.25) is 5.91 Å². The Balaban J connectivity index is 1.65. The molecule has 2 fully saturated rings. The van der Waals surface area contributed by atoms with Crippen LogP contribution in [0.2, 0.25) is 0 Å². The maximum absolute atomic E-state index is 13.4. The molecule has 2 heterocycles. The van der Waals surface area contributed by atoms with Gasteiger partial charge in [0, 0.05) is 6.42 Å². The maximum Gasteiger partial charge on any atom is 0.220 e. The highest BCUT2D eigenvalue weighted by Gasteiger charge is 2.51. The monoisotopic (exact) mass is 1230 g/mol. The zero-order valence-electron chi connectivity index (χ0n) is 55.5. The molecule has 0 radical (unpaired) electrons. The molecule has 0 bridgehead atoms. The zero-order chi connectivity index (χ0) is 63.1. The van der Waals surface area contributed by atoms with Gasteiger partial charge in [-0.25, -0.2) is 0 Å². The van der Waals surface area contributed by atoms with Gasteiger partial charge in [0.05, 0.1) is 32.0 Å². The van der Waals surface area contributed by atoms with Crippen LogP contribution >= 0.6 is 0 Å². The Morgan fingerprint density at radius 3 is 1.22 bits per heavy atom. The molecule has 0 aromatic heterocycles. The zero-order valence-corrected chi connectivity index (χ0v) is 55.5. The standard InChI is InChI=1S/C73H135NO13/c1-3-5-7-9-11-13-15-17-19-21-23-25-27-29-31-33-35-37-39-41-43-45-47-49-51-53-55-57-65(78)74-61(60-84-72-70(83)68(81)71(64(59-76)86-72)87-73-69(82)67(80)66(79)63(58-75)85-73)62(77)56-54-52-50-48-46-44-42-40-38-36-34-32-30-28-26-24-22-20-18-16-14-12-10-8-6-4-2/h5,7,11,13,17,19,23,25,61-64,66-73,75-77,79-83H,3-4,6,8-10,12,14-16,18,20-22,24,26-60H2,1-2H3,(H,74,78)/b7-5-,13-11-,19-17-,25-23-. The summed E-state index contributed by atoms with van der Waals surface area (Å²) in [5.74, 6) is -0.204. The van der Waals surface area contributed by atoms with Crippen molar-refractivity contribution in [2.24, 2.45) is 0 Å². The quantitative estimate of drug-likeness (QED) is 0.0204. The van der Waals surface area contributed by atoms with Gasteiger partial charge in [0.25, 0.3) is 0 Å². The topological polar surface area (TPSA) is 228 Å². The van der Waals surface area contributed by atoms with E-state index >= 15 is 0 Å². The van der Waals surface area contributed by atoms with Gasteiger partial charge >= 0.3 is 0 Å². The van der Waals surface area contributed by atoms with Gasteiger partial charge in [-0.05, 0) is 51.4 Å². The third-order valence-electron chi connectivity index (χ3n) is 17.8. The Labute approximate surface area is 531 Å². The second-order valence-electron chi connectivity index (χ2n) is 25.7. The van der Waals surface area contributed by atoms with Crippen molar-refractivity contribution in [3.8, 4) is 0 Å². The predicted octanol–water partition coefficient (Wildman–Crippen LogP) is 15.1. The highest BCUT2D eigenvalue weighted by Crippen LogP contribution is 2.30. The number of hydrogen-bond acceptors (Lipinski definition) is 13. The molecule has 0 aliphatic carbocycles. The van der Waals surface area contributed by atoms with Crippen molar-refractivity contribution in [2.75, 3.05) is 19.8 Å². The summed E-state index contributed by atoms with van der Waals surface area (Å²) in [6.45, 7) is 2.80. The fourth-order valence-electron chi connectivity index (χ4n) is 12.1. The molecule has 510 valence electrons. The van der Waals surface area contributed by atoms with E-state index < -0.39 is 86.8 Å². The molecule has 2 aliphatic rings. The summed E-state index contributed by atoms with van der Waals surface area (Å²) in [5.41, 5.74) is 0. The van der Waals surface area contributed by atoms with E-state index in [2.05, 4.69) is 67.8 Å². The van der Waals surface area contributed by atoms with E-state index in [-0.39, 0.29) is 12.5 Å². The van der Waals surface area contributed by atoms with Crippen molar-refractivity contribution < 1.29 is 64.6 Å². The Morgan fingerprint density at radius 2 is 0.793 bits per heavy atom. The van der Waals surface area contributed by atoms with Gasteiger partial charge in [-0.3, -0.25) is 4.79 Å². The molecular weight excluding hydrogens is 1100 g/mol. The number of nitrogens with one attached hydrogen (secondary N) is 1. The lowest BCUT2D eigenvalue weighted by Crippen LogP contribution is -2.65. The van der Waals surface area contributed by atoms with Crippen LogP contribution in [-0.2, 0) is 23.7 Å². The molecule has 0 aromatic rings. The first kappa shape index (κ1) is 81.0. The minimum Gasteiger partial charge on any atom is -0.394 e. The molecule has 14 nitrogen and oxygen atoms in total. The lowest BCUT2D eigenvalue weighted by Gasteiger charge is -2.46. The molecule has 0 aromatic carbocycles. The van der Waals surface area contributed by atoms with Crippen LogP contribution in [0.1, 0.15) is 316 Å². The van der Waals surface area contributed by atoms with Gasteiger partial charge < -0.3 is 65.1 Å². The Hall–Kier alpha value is -2.05. The van der Waals surface area contributed by atoms with Crippen LogP contribution in [0.5, 0.6) is 0 Å². The molecule has 1 amide bonds. The molecule has 9 N–H and O–H groups in total. The number of unbranched alkanes of at least 4 members (excludes halogenated alkanes) is 39. The lowest BCUT2D eigenvalue weighted by atomic mass is 9.97. The van der Waals surface area contributed by atoms with Crippen molar-refractivity contribution in [1.29, 1.82) is 0 Å². The molecule has 2 aliphatic heterocycles. The van der Waals surface area contributed by atoms with Crippen molar-refractivity contribution in [3.05, 3.63) is 48.6 Å². The molecule has 0 saturated carbocycles. The number of ether oxygens (including phenoxy) is 4. The van der Waals surface area contributed by atoms with Gasteiger partial charge in [-0.15, -0.1) is 0 Å². The maximum atomic E-state index is 13.4. The van der Waals surface area contributed by atoms with E-state index in [1.165, 1.54) is 212 Å². The van der Waals surface area contributed by atoms with E-state index in [1.807, 2.05) is 0 Å². The normalized spacial score (nSPS) is 23.5. The van der Waals surface area contributed by atoms with E-state index in [9.17, 15) is 45.6 Å². The second kappa shape index (κ2) is 57.8. The highest BCUT2D eigenvalue weighted by molar-refractivity contribution is 5.76. The summed E-state index contributed by atoms with van der Waals surface area (Å²) in [6, 6.07) is -0.832. The largest absolute Gasteiger partial charge is 0.394 e. The molecule has 14 heteroatoms. The molecular formula is C73H135NO13. The van der Waals surface area contributed by atoms with Crippen LogP contribution in [0.4, 0.5) is 0 Å². The Morgan fingerprint density at radius 1 is 0.425 bits per heavy atom. The van der Waals surface area contributed by atoms with Crippen LogP contribution in [0.15, 0.2) is 48.6 Å². The Kier molecular flexibility index (Phi) is 53.9. The summed E-state index contributed by atoms with van der Waals surface area (Å²) < 4.78 is 22.9. The average molecular weight is 1230 g/mol. The first-order valence-corrected chi connectivity index (χ1v) is 36.4. The third kappa shape index (κ3) is 41.9. The first-order chi connectivity index (χ1) is 42.6. The number of carbonyl (C=O) groups excluding carboxylic acids is 1. The Bertz CT molecular complexity index is 1640. The van der Waals surface area contributed by atoms with Crippen LogP contribution in [0, 0.1) is 0 Å². The van der Waals surface area contributed by atoms with Crippen molar-refractivity contribution in [3.63, 3.8) is 0 Å². The molecule has 87 heavy (non-hydrogen) atoms. The van der Waals surface area contributed by atoms with Crippen LogP contribution in [0.3, 0.4) is 0 Å². The summed E-state index contributed by atoms with van der Waals surface area (Å²) in [5, 5.41) is 87.7. The number of hydrogen-bond donors (Lipinski definition) is 9. The van der Waals surface area contributed by atoms with E-state index in [1.54, 1.807) is 0 Å². The van der Waals surface area contributed by atoms with E-state index in [0.717, 1.165) is 77.0 Å². The lowest BCUT2D eigenvalue weighted by molar-refractivity contribution is -0.359. The van der Waals surface area contributed by atoms with Gasteiger partial charge in [0.15, 0.2) is 12.6 Å². The average Bonchev–Trinajstić information content (AvgIpc) is 2.58. The van der Waals surface area contributed by atoms with Crippen LogP contribution in [-0.4, -0.2) is 140 Å². The highest BCUT2D eigenvalue weighted by atomic mass is 16.7. The van der Waals surface area contributed by atoms with E-state index in [4.69, 9.17) is 18.9 Å². The van der Waals surface area contributed by atoms with Gasteiger partial charge in [-0.2, -0.15) is 0 Å². The minimum absolute atomic E-state index is 0.204. The smallest absolute Gasteiger partial charge is 0.220 e. The van der Waals surface area contributed by atoms with Gasteiger partial charge in [0.1, 0.15) is 48.8 Å². The number of amides is 1. The number of allylic oxidation sites excluding steroid dienone is 8. The molecule has 12 unspecified atom stereocenters. The molecule has 12 atom stereocenters. The van der Waals surface area contributed by atoms with Crippen molar-refractivity contribution >= 4 is 5.91 Å². The van der Waals surface area contributed by atoms with Crippen LogP contribution in [0.25, 0.3) is 0 Å². The molecule has 2 rings (SSSR count). The number of aliphatic hydroxyl groups excluding tert-OH is 8. The number of carbonyl (C=O) groups is 1. The summed E-state index contributed by atoms with van der Waals surface area (Å²) in [4.78, 5) is 13.4. The van der Waals surface area contributed by atoms with Crippen molar-refractivity contribution in [2.45, 2.75) is 389 Å². The number of rotatable bonds is 60. The van der Waals surface area contributed by atoms with E-state index in [0.29, 0.717) is 12.8 Å². The van der Waals surface area contributed by atoms with Crippen molar-refractivity contribution in [1.82, 2.24) is 5.32 Å². The SMILES string of the molecule is CC/C=C\C/C=C\C/C=C\C/C=C\CCCCCCCCCCCCCCCCC(=O)NC(COC1OC(CO)C(OC2OC(CO)C(O)C(O)C2O)C(O)C1O)C(O)CCCCCCCCCCCCCCCCCCCCCCCCCCCC. The van der Waals surface area contributed by atoms with Crippen LogP contribution < -0.4 is 5.32 Å². The summed E-state index contributed by atoms with van der Waals surface area (Å²) in [7, 11) is 0. The minimum atomic E-state index is -1.78. The summed E-state index contributed by atoms with van der Waals surface area (Å²) in [6.07, 6.45) is 58.4. The number of aliphatic hydroxyl groups is 8. The van der Waals surface area contributed by atoms with Gasteiger partial charge in [-0.1, -0.05) is 306 Å². The molecule has 0 spiro atoms. The summed E-state index contributed by atoms with van der Waals surface area (Å²) >= 11 is 0. The molecule has 2 saturated heterocycles. The predicted molar refractivity (Wildman–Crippen MR) is 355 cm³/mol. The second-order valence-corrected chi connectivity index (χ2v) is 25.7. The fraction of sp³-hybridized carbons (Fsp3) is 0.877.